The van der Waals surface area contributed by atoms with Gasteiger partial charge in [0.1, 0.15) is 0 Å². The molecule has 1 unspecified atom stereocenters. The summed E-state index contributed by atoms with van der Waals surface area (Å²) in [6.07, 6.45) is 5.75. The van der Waals surface area contributed by atoms with Gasteiger partial charge in [-0.2, -0.15) is 0 Å². The van der Waals surface area contributed by atoms with Gasteiger partial charge in [-0.25, -0.2) is 0 Å². The van der Waals surface area contributed by atoms with Crippen molar-refractivity contribution < 1.29 is 0 Å². The number of anilines is 1. The third kappa shape index (κ3) is 4.34. The van der Waals surface area contributed by atoms with E-state index in [0.29, 0.717) is 0 Å². The van der Waals surface area contributed by atoms with Crippen LogP contribution in [-0.2, 0) is 6.42 Å². The van der Waals surface area contributed by atoms with E-state index in [1.807, 2.05) is 18.2 Å². The Hall–Kier alpha value is -1.02. The molecule has 0 fully saturated rings. The van der Waals surface area contributed by atoms with Crippen molar-refractivity contribution in [2.45, 2.75) is 45.1 Å². The van der Waals surface area contributed by atoms with Crippen LogP contribution < -0.4 is 11.5 Å². The van der Waals surface area contributed by atoms with Gasteiger partial charge in [-0.15, -0.1) is 0 Å². The zero-order valence-corrected chi connectivity index (χ0v) is 9.58. The second-order valence-corrected chi connectivity index (χ2v) is 4.16. The average Bonchev–Trinajstić information content (AvgIpc) is 2.22. The standard InChI is InChI=1S/C13H22N2/c1-2-3-4-8-12(14)10-11-7-5-6-9-13(11)15/h5-7,9,12H,2-4,8,10,14-15H2,1H3. The van der Waals surface area contributed by atoms with Crippen LogP contribution in [0.25, 0.3) is 0 Å². The number of benzene rings is 1. The molecule has 0 bridgehead atoms. The monoisotopic (exact) mass is 206 g/mol. The van der Waals surface area contributed by atoms with E-state index in [1.165, 1.54) is 24.8 Å². The summed E-state index contributed by atoms with van der Waals surface area (Å²) in [5, 5.41) is 0. The van der Waals surface area contributed by atoms with Crippen molar-refractivity contribution in [3.8, 4) is 0 Å². The first-order chi connectivity index (χ1) is 7.24. The molecule has 2 nitrogen and oxygen atoms in total. The average molecular weight is 206 g/mol. The summed E-state index contributed by atoms with van der Waals surface area (Å²) in [5.41, 5.74) is 14.0. The van der Waals surface area contributed by atoms with E-state index in [-0.39, 0.29) is 6.04 Å². The highest BCUT2D eigenvalue weighted by Gasteiger charge is 2.05. The van der Waals surface area contributed by atoms with Gasteiger partial charge in [0.05, 0.1) is 0 Å². The first-order valence-electron chi connectivity index (χ1n) is 5.83. The lowest BCUT2D eigenvalue weighted by Crippen LogP contribution is -2.23. The highest BCUT2D eigenvalue weighted by Crippen LogP contribution is 2.14. The van der Waals surface area contributed by atoms with E-state index in [1.54, 1.807) is 0 Å². The number of hydrogen-bond donors (Lipinski definition) is 2. The Kier molecular flexibility index (Phi) is 5.19. The van der Waals surface area contributed by atoms with Crippen LogP contribution in [0, 0.1) is 0 Å². The molecule has 0 heterocycles. The van der Waals surface area contributed by atoms with E-state index >= 15 is 0 Å². The summed E-state index contributed by atoms with van der Waals surface area (Å²) in [4.78, 5) is 0. The van der Waals surface area contributed by atoms with Crippen molar-refractivity contribution in [3.05, 3.63) is 29.8 Å². The number of unbranched alkanes of at least 4 members (excludes halogenated alkanes) is 2. The van der Waals surface area contributed by atoms with E-state index in [0.717, 1.165) is 18.5 Å². The Morgan fingerprint density at radius 2 is 1.93 bits per heavy atom. The minimum Gasteiger partial charge on any atom is -0.399 e. The van der Waals surface area contributed by atoms with Gasteiger partial charge in [0.25, 0.3) is 0 Å². The van der Waals surface area contributed by atoms with E-state index in [9.17, 15) is 0 Å². The van der Waals surface area contributed by atoms with E-state index in [2.05, 4.69) is 13.0 Å². The van der Waals surface area contributed by atoms with E-state index in [4.69, 9.17) is 11.5 Å². The van der Waals surface area contributed by atoms with Gasteiger partial charge >= 0.3 is 0 Å². The molecule has 0 amide bonds. The zero-order chi connectivity index (χ0) is 11.1. The van der Waals surface area contributed by atoms with Crippen molar-refractivity contribution in [3.63, 3.8) is 0 Å². The number of nitrogens with two attached hydrogens (primary N) is 2. The molecule has 0 radical (unpaired) electrons. The van der Waals surface area contributed by atoms with Gasteiger partial charge in [-0.05, 0) is 24.5 Å². The second-order valence-electron chi connectivity index (χ2n) is 4.16. The van der Waals surface area contributed by atoms with Gasteiger partial charge in [0.2, 0.25) is 0 Å². The summed E-state index contributed by atoms with van der Waals surface area (Å²) >= 11 is 0. The third-order valence-electron chi connectivity index (χ3n) is 2.72. The molecule has 0 aliphatic rings. The minimum absolute atomic E-state index is 0.251. The van der Waals surface area contributed by atoms with Crippen LogP contribution in [0.1, 0.15) is 38.2 Å². The summed E-state index contributed by atoms with van der Waals surface area (Å²) in [7, 11) is 0. The molecule has 2 heteroatoms. The van der Waals surface area contributed by atoms with Crippen LogP contribution >= 0.6 is 0 Å². The first-order valence-corrected chi connectivity index (χ1v) is 5.83. The van der Waals surface area contributed by atoms with Crippen molar-refractivity contribution in [1.82, 2.24) is 0 Å². The molecule has 0 aromatic heterocycles. The SMILES string of the molecule is CCCCCC(N)Cc1ccccc1N. The molecule has 4 N–H and O–H groups in total. The maximum atomic E-state index is 6.06. The fraction of sp³-hybridized carbons (Fsp3) is 0.538. The summed E-state index contributed by atoms with van der Waals surface area (Å²) < 4.78 is 0. The Morgan fingerprint density at radius 3 is 2.60 bits per heavy atom. The molecule has 0 saturated heterocycles. The number of rotatable bonds is 6. The van der Waals surface area contributed by atoms with Gasteiger partial charge in [-0.3, -0.25) is 0 Å². The number of hydrogen-bond acceptors (Lipinski definition) is 2. The zero-order valence-electron chi connectivity index (χ0n) is 9.58. The highest BCUT2D eigenvalue weighted by molar-refractivity contribution is 5.46. The maximum Gasteiger partial charge on any atom is 0.0347 e. The lowest BCUT2D eigenvalue weighted by atomic mass is 10.0. The topological polar surface area (TPSA) is 52.0 Å². The Balaban J connectivity index is 2.37. The van der Waals surface area contributed by atoms with Crippen molar-refractivity contribution in [2.24, 2.45) is 5.73 Å². The minimum atomic E-state index is 0.251. The predicted octanol–water partition coefficient (Wildman–Crippen LogP) is 2.72. The van der Waals surface area contributed by atoms with Gasteiger partial charge in [0.15, 0.2) is 0 Å². The Morgan fingerprint density at radius 1 is 1.20 bits per heavy atom. The summed E-state index contributed by atoms with van der Waals surface area (Å²) in [6, 6.07) is 8.23. The number of nitrogen functional groups attached to an aromatic ring is 1. The second kappa shape index (κ2) is 6.46. The fourth-order valence-corrected chi connectivity index (χ4v) is 1.76. The van der Waals surface area contributed by atoms with Crippen molar-refractivity contribution in [2.75, 3.05) is 5.73 Å². The van der Waals surface area contributed by atoms with Crippen LogP contribution in [0.5, 0.6) is 0 Å². The van der Waals surface area contributed by atoms with Crippen LogP contribution in [0.3, 0.4) is 0 Å². The van der Waals surface area contributed by atoms with Crippen LogP contribution in [0.2, 0.25) is 0 Å². The Labute approximate surface area is 92.7 Å². The molecule has 0 saturated carbocycles. The molecule has 1 aromatic carbocycles. The van der Waals surface area contributed by atoms with Gasteiger partial charge in [-0.1, -0.05) is 44.4 Å². The molecule has 1 rings (SSSR count). The largest absolute Gasteiger partial charge is 0.399 e. The first kappa shape index (κ1) is 12.1. The molecule has 1 aromatic rings. The Bertz CT molecular complexity index is 284. The normalized spacial score (nSPS) is 12.7. The van der Waals surface area contributed by atoms with Crippen LogP contribution in [0.15, 0.2) is 24.3 Å². The molecule has 1 atom stereocenters. The molecule has 15 heavy (non-hydrogen) atoms. The molecule has 0 aliphatic carbocycles. The van der Waals surface area contributed by atoms with Gasteiger partial charge < -0.3 is 11.5 Å². The smallest absolute Gasteiger partial charge is 0.0347 e. The van der Waals surface area contributed by atoms with E-state index < -0.39 is 0 Å². The van der Waals surface area contributed by atoms with Crippen LogP contribution in [-0.4, -0.2) is 6.04 Å². The predicted molar refractivity (Wildman–Crippen MR) is 66.7 cm³/mol. The fourth-order valence-electron chi connectivity index (χ4n) is 1.76. The summed E-state index contributed by atoms with van der Waals surface area (Å²) in [5.74, 6) is 0. The quantitative estimate of drug-likeness (QED) is 0.555. The third-order valence-corrected chi connectivity index (χ3v) is 2.72. The lowest BCUT2D eigenvalue weighted by Gasteiger charge is -2.12. The highest BCUT2D eigenvalue weighted by atomic mass is 14.6. The maximum absolute atomic E-state index is 6.06. The molecule has 84 valence electrons. The van der Waals surface area contributed by atoms with Crippen LogP contribution in [0.4, 0.5) is 5.69 Å². The molecule has 0 aliphatic heterocycles. The van der Waals surface area contributed by atoms with Gasteiger partial charge in [0, 0.05) is 11.7 Å². The molecular weight excluding hydrogens is 184 g/mol. The van der Waals surface area contributed by atoms with Crippen molar-refractivity contribution >= 4 is 5.69 Å². The lowest BCUT2D eigenvalue weighted by molar-refractivity contribution is 0.558. The molecular formula is C13H22N2. The number of para-hydroxylation sites is 1. The molecule has 0 spiro atoms. The summed E-state index contributed by atoms with van der Waals surface area (Å²) in [6.45, 7) is 2.21. The van der Waals surface area contributed by atoms with Crippen molar-refractivity contribution in [1.29, 1.82) is 0 Å².